The number of benzene rings is 3. The maximum atomic E-state index is 12.2. The molecule has 6 nitrogen and oxygen atoms in total. The first-order valence-electron chi connectivity index (χ1n) is 12.0. The van der Waals surface area contributed by atoms with Crippen LogP contribution in [0.2, 0.25) is 0 Å². The van der Waals surface area contributed by atoms with Gasteiger partial charge in [-0.2, -0.15) is 0 Å². The van der Waals surface area contributed by atoms with Gasteiger partial charge >= 0.3 is 0 Å². The highest BCUT2D eigenvalue weighted by molar-refractivity contribution is 6.38. The van der Waals surface area contributed by atoms with Crippen molar-refractivity contribution in [1.29, 1.82) is 0 Å². The predicted octanol–water partition coefficient (Wildman–Crippen LogP) is 5.78. The molecule has 1 aliphatic heterocycles. The van der Waals surface area contributed by atoms with Crippen LogP contribution in [0, 0.1) is 0 Å². The lowest BCUT2D eigenvalue weighted by atomic mass is 10.1. The minimum absolute atomic E-state index is 0.150. The molecule has 1 aliphatic rings. The summed E-state index contributed by atoms with van der Waals surface area (Å²) in [6.07, 6.45) is 1.44. The molecule has 186 valence electrons. The molecule has 2 unspecified atom stereocenters. The first-order chi connectivity index (χ1) is 17.0. The molecule has 1 heterocycles. The quantitative estimate of drug-likeness (QED) is 0.446. The fraction of sp³-hybridized carbons (Fsp3) is 0.276. The third-order valence-electron chi connectivity index (χ3n) is 4.60. The monoisotopic (exact) mass is 475 g/mol. The number of aromatic hydroxyl groups is 2. The van der Waals surface area contributed by atoms with E-state index in [-0.39, 0.29) is 29.9 Å². The lowest BCUT2D eigenvalue weighted by molar-refractivity contribution is -0.121. The Morgan fingerprint density at radius 1 is 0.800 bits per heavy atom. The molecule has 3 aromatic carbocycles. The van der Waals surface area contributed by atoms with Crippen LogP contribution in [-0.2, 0) is 11.2 Å². The summed E-state index contributed by atoms with van der Waals surface area (Å²) in [5.74, 6) is 0.221. The normalized spacial score (nSPS) is 15.5. The smallest absolute Gasteiger partial charge is 0.226 e. The molecule has 4 rings (SSSR count). The second-order valence-electron chi connectivity index (χ2n) is 7.09. The summed E-state index contributed by atoms with van der Waals surface area (Å²) < 4.78 is 0. The zero-order valence-electron chi connectivity index (χ0n) is 21.2. The first-order valence-corrected chi connectivity index (χ1v) is 12.0. The van der Waals surface area contributed by atoms with Crippen molar-refractivity contribution in [2.45, 2.75) is 53.2 Å². The molecule has 0 bridgehead atoms. The van der Waals surface area contributed by atoms with Crippen LogP contribution in [0.1, 0.15) is 45.7 Å². The molecule has 3 N–H and O–H groups in total. The molecule has 2 atom stereocenters. The molecule has 1 amide bonds. The third-order valence-corrected chi connectivity index (χ3v) is 4.60. The number of nitrogens with zero attached hydrogens (tertiary/aromatic N) is 2. The summed E-state index contributed by atoms with van der Waals surface area (Å²) in [5, 5.41) is 21.5. The van der Waals surface area contributed by atoms with Gasteiger partial charge in [0.1, 0.15) is 17.7 Å². The standard InChI is InChI=1S/C19H19N3O3.C6H6.2C2H6/c1-12-19(22-18(25)10-13-2-6-15(23)7-3-13)20-11-17(21-12)14-4-8-16(24)9-5-14;1-2-4-6-5-3-1;2*1-2/h2-9,11-12,19,23-24H,10H2,1H3,(H,22,25);1-6H;2*1-2H3. The van der Waals surface area contributed by atoms with Crippen LogP contribution < -0.4 is 5.32 Å². The van der Waals surface area contributed by atoms with Gasteiger partial charge in [-0.05, 0) is 48.9 Å². The van der Waals surface area contributed by atoms with Gasteiger partial charge in [0.05, 0.1) is 18.2 Å². The Bertz CT molecular complexity index is 1000. The molecule has 6 heteroatoms. The van der Waals surface area contributed by atoms with E-state index in [2.05, 4.69) is 15.3 Å². The number of hydrogen-bond acceptors (Lipinski definition) is 5. The van der Waals surface area contributed by atoms with Gasteiger partial charge in [-0.1, -0.05) is 76.2 Å². The van der Waals surface area contributed by atoms with Crippen molar-refractivity contribution < 1.29 is 15.0 Å². The Labute approximate surface area is 209 Å². The fourth-order valence-corrected chi connectivity index (χ4v) is 2.94. The van der Waals surface area contributed by atoms with Crippen LogP contribution in [0.15, 0.2) is 94.9 Å². The van der Waals surface area contributed by atoms with E-state index in [0.717, 1.165) is 16.8 Å². The summed E-state index contributed by atoms with van der Waals surface area (Å²) in [4.78, 5) is 21.1. The van der Waals surface area contributed by atoms with E-state index in [1.807, 2.05) is 71.0 Å². The van der Waals surface area contributed by atoms with Crippen molar-refractivity contribution in [2.24, 2.45) is 9.98 Å². The molecular weight excluding hydrogens is 438 g/mol. The lowest BCUT2D eigenvalue weighted by Gasteiger charge is -2.23. The zero-order valence-corrected chi connectivity index (χ0v) is 21.2. The van der Waals surface area contributed by atoms with Gasteiger partial charge in [0.2, 0.25) is 5.91 Å². The van der Waals surface area contributed by atoms with Crippen LogP contribution in [0.5, 0.6) is 11.5 Å². The van der Waals surface area contributed by atoms with Crippen molar-refractivity contribution in [3.05, 3.63) is 96.1 Å². The molecule has 0 saturated carbocycles. The molecule has 0 fully saturated rings. The predicted molar refractivity (Wildman–Crippen MR) is 145 cm³/mol. The SMILES string of the molecule is CC.CC.CC1N=C(c2ccc(O)cc2)C=NC1NC(=O)Cc1ccc(O)cc1.c1ccccc1. The summed E-state index contributed by atoms with van der Waals surface area (Å²) in [6, 6.07) is 25.1. The number of phenols is 2. The van der Waals surface area contributed by atoms with E-state index in [4.69, 9.17) is 0 Å². The van der Waals surface area contributed by atoms with E-state index in [1.54, 1.807) is 54.7 Å². The fourth-order valence-electron chi connectivity index (χ4n) is 2.94. The number of rotatable bonds is 4. The van der Waals surface area contributed by atoms with Crippen LogP contribution in [0.4, 0.5) is 0 Å². The maximum Gasteiger partial charge on any atom is 0.226 e. The molecule has 0 radical (unpaired) electrons. The van der Waals surface area contributed by atoms with E-state index < -0.39 is 6.17 Å². The zero-order chi connectivity index (χ0) is 26.1. The van der Waals surface area contributed by atoms with Crippen LogP contribution >= 0.6 is 0 Å². The van der Waals surface area contributed by atoms with Gasteiger partial charge in [0, 0.05) is 11.8 Å². The largest absolute Gasteiger partial charge is 0.508 e. The van der Waals surface area contributed by atoms with Gasteiger partial charge in [-0.3, -0.25) is 14.8 Å². The van der Waals surface area contributed by atoms with Crippen molar-refractivity contribution in [1.82, 2.24) is 5.32 Å². The Morgan fingerprint density at radius 2 is 1.26 bits per heavy atom. The number of nitrogens with one attached hydrogen (secondary N) is 1. The summed E-state index contributed by atoms with van der Waals surface area (Å²) in [7, 11) is 0. The summed E-state index contributed by atoms with van der Waals surface area (Å²) in [5.41, 5.74) is 2.40. The molecule has 0 saturated heterocycles. The van der Waals surface area contributed by atoms with E-state index >= 15 is 0 Å². The number of carbonyl (C=O) groups is 1. The highest BCUT2D eigenvalue weighted by Crippen LogP contribution is 2.15. The van der Waals surface area contributed by atoms with Gasteiger partial charge in [0.15, 0.2) is 0 Å². The Morgan fingerprint density at radius 3 is 1.71 bits per heavy atom. The van der Waals surface area contributed by atoms with E-state index in [1.165, 1.54) is 0 Å². The Kier molecular flexibility index (Phi) is 13.8. The van der Waals surface area contributed by atoms with Crippen molar-refractivity contribution in [3.8, 4) is 11.5 Å². The Balaban J connectivity index is 0.000000519. The van der Waals surface area contributed by atoms with Crippen LogP contribution in [0.25, 0.3) is 0 Å². The van der Waals surface area contributed by atoms with E-state index in [9.17, 15) is 15.0 Å². The number of hydrogen-bond donors (Lipinski definition) is 3. The van der Waals surface area contributed by atoms with Crippen LogP contribution in [-0.4, -0.2) is 40.3 Å². The highest BCUT2D eigenvalue weighted by atomic mass is 16.3. The molecular formula is C29H37N3O3. The lowest BCUT2D eigenvalue weighted by Crippen LogP contribution is -2.43. The van der Waals surface area contributed by atoms with Gasteiger partial charge in [-0.25, -0.2) is 0 Å². The molecule has 3 aromatic rings. The molecule has 0 aromatic heterocycles. The summed E-state index contributed by atoms with van der Waals surface area (Å²) in [6.45, 7) is 9.89. The van der Waals surface area contributed by atoms with Crippen molar-refractivity contribution in [3.63, 3.8) is 0 Å². The molecule has 0 aliphatic carbocycles. The topological polar surface area (TPSA) is 94.3 Å². The average Bonchev–Trinajstić information content (AvgIpc) is 2.91. The van der Waals surface area contributed by atoms with Crippen molar-refractivity contribution in [2.75, 3.05) is 0 Å². The second kappa shape index (κ2) is 16.6. The maximum absolute atomic E-state index is 12.2. The molecule has 0 spiro atoms. The summed E-state index contributed by atoms with van der Waals surface area (Å²) >= 11 is 0. The minimum atomic E-state index is -0.412. The number of carbonyl (C=O) groups excluding carboxylic acids is 1. The molecule has 35 heavy (non-hydrogen) atoms. The van der Waals surface area contributed by atoms with E-state index in [0.29, 0.717) is 0 Å². The second-order valence-corrected chi connectivity index (χ2v) is 7.09. The van der Waals surface area contributed by atoms with Crippen molar-refractivity contribution >= 4 is 17.8 Å². The third kappa shape index (κ3) is 10.7. The highest BCUT2D eigenvalue weighted by Gasteiger charge is 2.22. The minimum Gasteiger partial charge on any atom is -0.508 e. The van der Waals surface area contributed by atoms with Gasteiger partial charge in [-0.15, -0.1) is 0 Å². The van der Waals surface area contributed by atoms with Gasteiger partial charge < -0.3 is 15.5 Å². The average molecular weight is 476 g/mol. The number of aliphatic imine (C=N–C) groups is 2. The Hall–Kier alpha value is -3.93. The number of phenolic OH excluding ortho intramolecular Hbond substituents is 2. The number of amides is 1. The van der Waals surface area contributed by atoms with Crippen LogP contribution in [0.3, 0.4) is 0 Å². The van der Waals surface area contributed by atoms with Gasteiger partial charge in [0.25, 0.3) is 0 Å². The first kappa shape index (κ1) is 29.1.